The largest absolute Gasteiger partial charge is 0.310 e. The number of benzene rings is 1. The quantitative estimate of drug-likeness (QED) is 0.820. The Morgan fingerprint density at radius 1 is 1.33 bits per heavy atom. The Hall–Kier alpha value is -0.910. The van der Waals surface area contributed by atoms with Crippen molar-refractivity contribution in [3.63, 3.8) is 0 Å². The van der Waals surface area contributed by atoms with Gasteiger partial charge < -0.3 is 5.32 Å². The lowest BCUT2D eigenvalue weighted by Crippen LogP contribution is -2.21. The first kappa shape index (κ1) is 13.5. The van der Waals surface area contributed by atoms with Crippen molar-refractivity contribution in [3.05, 3.63) is 29.3 Å². The van der Waals surface area contributed by atoms with Crippen LogP contribution >= 0.6 is 0 Å². The van der Waals surface area contributed by atoms with E-state index in [1.54, 1.807) is 6.07 Å². The molecule has 0 spiro atoms. The average Bonchev–Trinajstić information content (AvgIpc) is 3.20. The predicted molar refractivity (Wildman–Crippen MR) is 71.9 cm³/mol. The standard InChI is InChI=1S/C13H20N2O2S/c1-3-11-5-4-10(9-15-12-6-7-12)8-13(11)18(16,17)14-2/h4-5,8,12,14-15H,3,6-7,9H2,1-2H3. The highest BCUT2D eigenvalue weighted by Crippen LogP contribution is 2.21. The maximum atomic E-state index is 12.0. The van der Waals surface area contributed by atoms with Gasteiger partial charge in [0.05, 0.1) is 4.90 Å². The molecule has 2 rings (SSSR count). The van der Waals surface area contributed by atoms with Crippen LogP contribution in [-0.4, -0.2) is 21.5 Å². The van der Waals surface area contributed by atoms with Crippen LogP contribution in [0.3, 0.4) is 0 Å². The molecule has 0 bridgehead atoms. The first-order chi connectivity index (χ1) is 8.56. The fourth-order valence-corrected chi connectivity index (χ4v) is 2.99. The number of nitrogens with one attached hydrogen (secondary N) is 2. The molecule has 100 valence electrons. The molecule has 5 heteroatoms. The van der Waals surface area contributed by atoms with Gasteiger partial charge in [0.1, 0.15) is 0 Å². The fraction of sp³-hybridized carbons (Fsp3) is 0.538. The molecule has 0 amide bonds. The van der Waals surface area contributed by atoms with Crippen LogP contribution in [0.2, 0.25) is 0 Å². The predicted octanol–water partition coefficient (Wildman–Crippen LogP) is 1.41. The van der Waals surface area contributed by atoms with Crippen LogP contribution < -0.4 is 10.0 Å². The van der Waals surface area contributed by atoms with Crippen molar-refractivity contribution in [1.29, 1.82) is 0 Å². The Labute approximate surface area is 109 Å². The van der Waals surface area contributed by atoms with E-state index in [1.807, 2.05) is 19.1 Å². The van der Waals surface area contributed by atoms with Gasteiger partial charge in [-0.3, -0.25) is 0 Å². The van der Waals surface area contributed by atoms with E-state index in [1.165, 1.54) is 19.9 Å². The molecule has 2 N–H and O–H groups in total. The molecule has 0 aliphatic heterocycles. The van der Waals surface area contributed by atoms with E-state index in [0.29, 0.717) is 17.4 Å². The Balaban J connectivity index is 2.26. The number of sulfonamides is 1. The summed E-state index contributed by atoms with van der Waals surface area (Å²) in [5.41, 5.74) is 1.88. The molecule has 1 saturated carbocycles. The molecular weight excluding hydrogens is 248 g/mol. The minimum atomic E-state index is -3.36. The van der Waals surface area contributed by atoms with E-state index in [9.17, 15) is 8.42 Å². The molecule has 0 radical (unpaired) electrons. The molecule has 1 fully saturated rings. The topological polar surface area (TPSA) is 58.2 Å². The van der Waals surface area contributed by atoms with Gasteiger partial charge in [-0.05, 0) is 43.5 Å². The molecule has 1 aromatic rings. The van der Waals surface area contributed by atoms with Crippen LogP contribution in [-0.2, 0) is 23.0 Å². The average molecular weight is 268 g/mol. The zero-order valence-corrected chi connectivity index (χ0v) is 11.7. The van der Waals surface area contributed by atoms with Gasteiger partial charge >= 0.3 is 0 Å². The Bertz CT molecular complexity index is 522. The summed E-state index contributed by atoms with van der Waals surface area (Å²) >= 11 is 0. The summed E-state index contributed by atoms with van der Waals surface area (Å²) in [4.78, 5) is 0.405. The fourth-order valence-electron chi connectivity index (χ4n) is 1.91. The molecule has 1 aliphatic carbocycles. The summed E-state index contributed by atoms with van der Waals surface area (Å²) in [7, 11) is -1.92. The summed E-state index contributed by atoms with van der Waals surface area (Å²) in [6.07, 6.45) is 3.18. The van der Waals surface area contributed by atoms with Crippen LogP contribution in [0.1, 0.15) is 30.9 Å². The second-order valence-corrected chi connectivity index (χ2v) is 6.51. The number of hydrogen-bond donors (Lipinski definition) is 2. The normalized spacial score (nSPS) is 15.9. The van der Waals surface area contributed by atoms with Crippen LogP contribution in [0.25, 0.3) is 0 Å². The second kappa shape index (κ2) is 5.38. The number of hydrogen-bond acceptors (Lipinski definition) is 3. The second-order valence-electron chi connectivity index (χ2n) is 4.66. The first-order valence-electron chi connectivity index (χ1n) is 6.35. The lowest BCUT2D eigenvalue weighted by atomic mass is 10.1. The van der Waals surface area contributed by atoms with Gasteiger partial charge in [0.2, 0.25) is 10.0 Å². The lowest BCUT2D eigenvalue weighted by Gasteiger charge is -2.11. The third-order valence-electron chi connectivity index (χ3n) is 3.24. The molecule has 0 saturated heterocycles. The minimum Gasteiger partial charge on any atom is -0.310 e. The van der Waals surface area contributed by atoms with Crippen molar-refractivity contribution in [2.24, 2.45) is 0 Å². The molecule has 0 aromatic heterocycles. The summed E-state index contributed by atoms with van der Waals surface area (Å²) in [5.74, 6) is 0. The number of aryl methyl sites for hydroxylation is 1. The van der Waals surface area contributed by atoms with Crippen LogP contribution in [0.15, 0.2) is 23.1 Å². The molecule has 1 aliphatic rings. The number of rotatable bonds is 6. The molecule has 1 aromatic carbocycles. The molecule has 0 heterocycles. The van der Waals surface area contributed by atoms with E-state index >= 15 is 0 Å². The first-order valence-corrected chi connectivity index (χ1v) is 7.84. The van der Waals surface area contributed by atoms with Gasteiger partial charge in [-0.1, -0.05) is 19.1 Å². The van der Waals surface area contributed by atoms with Crippen molar-refractivity contribution >= 4 is 10.0 Å². The lowest BCUT2D eigenvalue weighted by molar-refractivity contribution is 0.586. The van der Waals surface area contributed by atoms with Gasteiger partial charge in [0.25, 0.3) is 0 Å². The van der Waals surface area contributed by atoms with Crippen molar-refractivity contribution in [1.82, 2.24) is 10.0 Å². The maximum Gasteiger partial charge on any atom is 0.240 e. The molecule has 4 nitrogen and oxygen atoms in total. The highest BCUT2D eigenvalue weighted by molar-refractivity contribution is 7.89. The van der Waals surface area contributed by atoms with E-state index in [-0.39, 0.29) is 0 Å². The highest BCUT2D eigenvalue weighted by atomic mass is 32.2. The minimum absolute atomic E-state index is 0.405. The molecule has 0 unspecified atom stereocenters. The van der Waals surface area contributed by atoms with Gasteiger partial charge in [-0.25, -0.2) is 13.1 Å². The zero-order valence-electron chi connectivity index (χ0n) is 10.9. The third-order valence-corrected chi connectivity index (χ3v) is 4.74. The Kier molecular flexibility index (Phi) is 4.04. The molecular formula is C13H20N2O2S. The van der Waals surface area contributed by atoms with E-state index in [2.05, 4.69) is 10.0 Å². The van der Waals surface area contributed by atoms with Crippen molar-refractivity contribution in [2.75, 3.05) is 7.05 Å². The molecule has 0 atom stereocenters. The monoisotopic (exact) mass is 268 g/mol. The van der Waals surface area contributed by atoms with Gasteiger partial charge in [0.15, 0.2) is 0 Å². The SMILES string of the molecule is CCc1ccc(CNC2CC2)cc1S(=O)(=O)NC. The highest BCUT2D eigenvalue weighted by Gasteiger charge is 2.21. The van der Waals surface area contributed by atoms with E-state index in [0.717, 1.165) is 17.7 Å². The zero-order chi connectivity index (χ0) is 13.2. The van der Waals surface area contributed by atoms with Crippen LogP contribution in [0.5, 0.6) is 0 Å². The Morgan fingerprint density at radius 2 is 2.06 bits per heavy atom. The van der Waals surface area contributed by atoms with Gasteiger partial charge in [-0.2, -0.15) is 0 Å². The third kappa shape index (κ3) is 3.10. The van der Waals surface area contributed by atoms with Crippen LogP contribution in [0.4, 0.5) is 0 Å². The van der Waals surface area contributed by atoms with E-state index < -0.39 is 10.0 Å². The van der Waals surface area contributed by atoms with Crippen molar-refractivity contribution in [2.45, 2.75) is 43.7 Å². The molecule has 18 heavy (non-hydrogen) atoms. The summed E-state index contributed by atoms with van der Waals surface area (Å²) in [6, 6.07) is 6.32. The Morgan fingerprint density at radius 3 is 2.61 bits per heavy atom. The summed E-state index contributed by atoms with van der Waals surface area (Å²) in [5, 5.41) is 3.39. The maximum absolute atomic E-state index is 12.0. The van der Waals surface area contributed by atoms with E-state index in [4.69, 9.17) is 0 Å². The van der Waals surface area contributed by atoms with Crippen molar-refractivity contribution in [3.8, 4) is 0 Å². The summed E-state index contributed by atoms with van der Waals surface area (Å²) in [6.45, 7) is 2.70. The summed E-state index contributed by atoms with van der Waals surface area (Å²) < 4.78 is 26.3. The smallest absolute Gasteiger partial charge is 0.240 e. The van der Waals surface area contributed by atoms with Gasteiger partial charge in [-0.15, -0.1) is 0 Å². The van der Waals surface area contributed by atoms with Crippen molar-refractivity contribution < 1.29 is 8.42 Å². The van der Waals surface area contributed by atoms with Crippen LogP contribution in [0, 0.1) is 0 Å². The van der Waals surface area contributed by atoms with Gasteiger partial charge in [0, 0.05) is 12.6 Å².